The maximum atomic E-state index is 13.2. The lowest BCUT2D eigenvalue weighted by Gasteiger charge is -2.07. The Balaban J connectivity index is 2.34. The van der Waals surface area contributed by atoms with Crippen molar-refractivity contribution in [1.82, 2.24) is 4.98 Å². The summed E-state index contributed by atoms with van der Waals surface area (Å²) in [5.41, 5.74) is -0.347. The van der Waals surface area contributed by atoms with Crippen LogP contribution >= 0.6 is 0 Å². The maximum absolute atomic E-state index is 13.2. The third-order valence-electron chi connectivity index (χ3n) is 1.93. The molecule has 1 aromatic heterocycles. The van der Waals surface area contributed by atoms with Crippen molar-refractivity contribution in [2.24, 2.45) is 0 Å². The number of rotatable bonds is 2. The van der Waals surface area contributed by atoms with Gasteiger partial charge in [0.2, 0.25) is 5.95 Å². The normalized spacial score (nSPS) is 10.2. The van der Waals surface area contributed by atoms with Crippen LogP contribution in [0, 0.1) is 17.6 Å². The zero-order chi connectivity index (χ0) is 11.5. The zero-order valence-corrected chi connectivity index (χ0v) is 8.05. The topological polar surface area (TPSA) is 24.9 Å². The fourth-order valence-corrected chi connectivity index (χ4v) is 1.22. The minimum absolute atomic E-state index is 0.0454. The van der Waals surface area contributed by atoms with E-state index in [1.165, 1.54) is 18.2 Å². The molecule has 2 aromatic rings. The summed E-state index contributed by atoms with van der Waals surface area (Å²) in [7, 11) is 0. The minimum atomic E-state index is -0.758. The van der Waals surface area contributed by atoms with Crippen LogP contribution < -0.4 is 5.32 Å². The van der Waals surface area contributed by atoms with Crippen molar-refractivity contribution < 1.29 is 13.2 Å². The van der Waals surface area contributed by atoms with Crippen LogP contribution in [0.4, 0.5) is 24.7 Å². The van der Waals surface area contributed by atoms with Crippen molar-refractivity contribution in [2.75, 3.05) is 5.32 Å². The smallest absolute Gasteiger partial charge is 0.214 e. The van der Waals surface area contributed by atoms with Gasteiger partial charge >= 0.3 is 0 Å². The van der Waals surface area contributed by atoms with E-state index in [0.717, 1.165) is 18.2 Å². The highest BCUT2D eigenvalue weighted by molar-refractivity contribution is 5.57. The summed E-state index contributed by atoms with van der Waals surface area (Å²) < 4.78 is 39.2. The highest BCUT2D eigenvalue weighted by atomic mass is 19.1. The van der Waals surface area contributed by atoms with Crippen molar-refractivity contribution in [3.8, 4) is 0 Å². The maximum Gasteiger partial charge on any atom is 0.214 e. The largest absolute Gasteiger partial charge is 0.335 e. The van der Waals surface area contributed by atoms with Gasteiger partial charge in [0.05, 0.1) is 0 Å². The Morgan fingerprint density at radius 3 is 2.12 bits per heavy atom. The quantitative estimate of drug-likeness (QED) is 0.792. The molecular weight excluding hydrogens is 217 g/mol. The van der Waals surface area contributed by atoms with Gasteiger partial charge in [-0.1, -0.05) is 12.1 Å². The Morgan fingerprint density at radius 2 is 1.50 bits per heavy atom. The lowest BCUT2D eigenvalue weighted by molar-refractivity contribution is 0.581. The van der Waals surface area contributed by atoms with Crippen LogP contribution in [0.15, 0.2) is 36.4 Å². The van der Waals surface area contributed by atoms with E-state index in [4.69, 9.17) is 0 Å². The molecular formula is C11H7F3N2. The van der Waals surface area contributed by atoms with Gasteiger partial charge in [0.1, 0.15) is 23.1 Å². The molecule has 0 radical (unpaired) electrons. The molecule has 5 heteroatoms. The van der Waals surface area contributed by atoms with Crippen LogP contribution in [0.25, 0.3) is 0 Å². The zero-order valence-electron chi connectivity index (χ0n) is 8.05. The predicted octanol–water partition coefficient (Wildman–Crippen LogP) is 3.24. The van der Waals surface area contributed by atoms with E-state index in [-0.39, 0.29) is 11.5 Å². The lowest BCUT2D eigenvalue weighted by Crippen LogP contribution is -1.99. The molecule has 0 atom stereocenters. The molecule has 0 aliphatic heterocycles. The molecule has 2 rings (SSSR count). The SMILES string of the molecule is Fc1cccc(Nc2c(F)cccc2F)n1. The van der Waals surface area contributed by atoms with E-state index >= 15 is 0 Å². The standard InChI is InChI=1S/C11H7F3N2/c12-7-3-1-4-8(13)11(7)16-10-6-2-5-9(14)15-10/h1-6H,(H,15,16). The number of benzene rings is 1. The van der Waals surface area contributed by atoms with Gasteiger partial charge in [0.25, 0.3) is 0 Å². The van der Waals surface area contributed by atoms with Crippen LogP contribution in [0.3, 0.4) is 0 Å². The van der Waals surface area contributed by atoms with Gasteiger partial charge < -0.3 is 5.32 Å². The molecule has 0 fully saturated rings. The Morgan fingerprint density at radius 1 is 0.875 bits per heavy atom. The highest BCUT2D eigenvalue weighted by Crippen LogP contribution is 2.21. The predicted molar refractivity (Wildman–Crippen MR) is 53.8 cm³/mol. The average Bonchev–Trinajstić information content (AvgIpc) is 2.24. The fraction of sp³-hybridized carbons (Fsp3) is 0. The van der Waals surface area contributed by atoms with Crippen LogP contribution in [0.1, 0.15) is 0 Å². The molecule has 0 aliphatic carbocycles. The van der Waals surface area contributed by atoms with E-state index in [1.807, 2.05) is 0 Å². The van der Waals surface area contributed by atoms with Gasteiger partial charge in [-0.05, 0) is 24.3 Å². The number of hydrogen-bond donors (Lipinski definition) is 1. The summed E-state index contributed by atoms with van der Waals surface area (Å²) in [5.74, 6) is -2.19. The number of anilines is 2. The van der Waals surface area contributed by atoms with Crippen LogP contribution in [-0.4, -0.2) is 4.98 Å². The van der Waals surface area contributed by atoms with Gasteiger partial charge in [-0.3, -0.25) is 0 Å². The van der Waals surface area contributed by atoms with Crippen molar-refractivity contribution in [3.05, 3.63) is 54.0 Å². The Kier molecular flexibility index (Phi) is 2.76. The van der Waals surface area contributed by atoms with Crippen LogP contribution in [-0.2, 0) is 0 Å². The molecule has 1 aromatic carbocycles. The number of para-hydroxylation sites is 1. The third kappa shape index (κ3) is 2.13. The van der Waals surface area contributed by atoms with Crippen molar-refractivity contribution in [2.45, 2.75) is 0 Å². The van der Waals surface area contributed by atoms with Crippen LogP contribution in [0.5, 0.6) is 0 Å². The lowest BCUT2D eigenvalue weighted by atomic mass is 10.3. The Labute approximate surface area is 89.8 Å². The molecule has 0 aliphatic rings. The van der Waals surface area contributed by atoms with E-state index in [2.05, 4.69) is 10.3 Å². The Hall–Kier alpha value is -2.04. The number of nitrogens with zero attached hydrogens (tertiary/aromatic N) is 1. The van der Waals surface area contributed by atoms with E-state index < -0.39 is 17.6 Å². The van der Waals surface area contributed by atoms with Gasteiger partial charge in [-0.2, -0.15) is 4.39 Å². The first-order chi connectivity index (χ1) is 7.66. The first-order valence-corrected chi connectivity index (χ1v) is 4.50. The van der Waals surface area contributed by atoms with Crippen molar-refractivity contribution >= 4 is 11.5 Å². The number of halogens is 3. The Bertz CT molecular complexity index is 494. The summed E-state index contributed by atoms with van der Waals surface area (Å²) in [4.78, 5) is 3.44. The first-order valence-electron chi connectivity index (χ1n) is 4.50. The first kappa shape index (κ1) is 10.5. The summed E-state index contributed by atoms with van der Waals surface area (Å²) in [6.07, 6.45) is 0. The molecule has 0 spiro atoms. The fourth-order valence-electron chi connectivity index (χ4n) is 1.22. The monoisotopic (exact) mass is 224 g/mol. The molecule has 2 nitrogen and oxygen atoms in total. The number of nitrogens with one attached hydrogen (secondary N) is 1. The average molecular weight is 224 g/mol. The molecule has 16 heavy (non-hydrogen) atoms. The molecule has 0 bridgehead atoms. The number of pyridine rings is 1. The van der Waals surface area contributed by atoms with Gasteiger partial charge in [-0.25, -0.2) is 13.8 Å². The molecule has 82 valence electrons. The third-order valence-corrected chi connectivity index (χ3v) is 1.93. The van der Waals surface area contributed by atoms with Gasteiger partial charge in [0, 0.05) is 0 Å². The summed E-state index contributed by atoms with van der Waals surface area (Å²) in [5, 5.41) is 2.38. The number of aromatic nitrogens is 1. The summed E-state index contributed by atoms with van der Waals surface area (Å²) in [6, 6.07) is 7.39. The highest BCUT2D eigenvalue weighted by Gasteiger charge is 2.08. The van der Waals surface area contributed by atoms with Gasteiger partial charge in [0.15, 0.2) is 0 Å². The molecule has 0 saturated carbocycles. The van der Waals surface area contributed by atoms with Crippen LogP contribution in [0.2, 0.25) is 0 Å². The van der Waals surface area contributed by atoms with Crippen molar-refractivity contribution in [3.63, 3.8) is 0 Å². The second-order valence-corrected chi connectivity index (χ2v) is 3.07. The summed E-state index contributed by atoms with van der Waals surface area (Å²) >= 11 is 0. The molecule has 0 saturated heterocycles. The second-order valence-electron chi connectivity index (χ2n) is 3.07. The molecule has 0 unspecified atom stereocenters. The summed E-state index contributed by atoms with van der Waals surface area (Å²) in [6.45, 7) is 0. The molecule has 1 heterocycles. The minimum Gasteiger partial charge on any atom is -0.335 e. The number of hydrogen-bond acceptors (Lipinski definition) is 2. The molecule has 1 N–H and O–H groups in total. The van der Waals surface area contributed by atoms with Gasteiger partial charge in [-0.15, -0.1) is 0 Å². The molecule has 0 amide bonds. The van der Waals surface area contributed by atoms with E-state index in [0.29, 0.717) is 0 Å². The van der Waals surface area contributed by atoms with E-state index in [9.17, 15) is 13.2 Å². The second kappa shape index (κ2) is 4.22. The van der Waals surface area contributed by atoms with Crippen molar-refractivity contribution in [1.29, 1.82) is 0 Å². The van der Waals surface area contributed by atoms with E-state index in [1.54, 1.807) is 0 Å².